The average Bonchev–Trinajstić information content (AvgIpc) is 2.62. The van der Waals surface area contributed by atoms with Crippen LogP contribution in [-0.2, 0) is 21.7 Å². The second-order valence-electron chi connectivity index (χ2n) is 5.79. The minimum Gasteiger partial charge on any atom is -0.394 e. The molecule has 3 heteroatoms. The van der Waals surface area contributed by atoms with Crippen LogP contribution in [-0.4, -0.2) is 21.8 Å². The fourth-order valence-corrected chi connectivity index (χ4v) is 5.05. The van der Waals surface area contributed by atoms with Crippen molar-refractivity contribution in [3.8, 4) is 0 Å². The Balaban J connectivity index is 1.80. The second-order valence-corrected chi connectivity index (χ2v) is 9.60. The van der Waals surface area contributed by atoms with Crippen molar-refractivity contribution < 1.29 is 8.85 Å². The number of hydrogen-bond donors (Lipinski definition) is 0. The van der Waals surface area contributed by atoms with Crippen LogP contribution < -0.4 is 0 Å². The first-order valence-electron chi connectivity index (χ1n) is 8.64. The second kappa shape index (κ2) is 9.66. The maximum absolute atomic E-state index is 6.29. The summed E-state index contributed by atoms with van der Waals surface area (Å²) in [5.74, 6) is 0. The third kappa shape index (κ3) is 5.94. The Kier molecular flexibility index (Phi) is 7.53. The topological polar surface area (TPSA) is 18.5 Å². The molecule has 0 atom stereocenters. The quantitative estimate of drug-likeness (QED) is 0.572. The molecule has 2 nitrogen and oxygen atoms in total. The molecule has 0 amide bonds. The van der Waals surface area contributed by atoms with Gasteiger partial charge in [-0.05, 0) is 36.1 Å². The van der Waals surface area contributed by atoms with E-state index in [-0.39, 0.29) is 0 Å². The van der Waals surface area contributed by atoms with Gasteiger partial charge in [0, 0.05) is 13.2 Å². The molecule has 0 bridgehead atoms. The van der Waals surface area contributed by atoms with E-state index in [1.165, 1.54) is 11.1 Å². The molecule has 2 rings (SSSR count). The lowest BCUT2D eigenvalue weighted by atomic mass is 10.2. The Morgan fingerprint density at radius 2 is 1.04 bits per heavy atom. The van der Waals surface area contributed by atoms with E-state index in [1.54, 1.807) is 0 Å². The fourth-order valence-electron chi connectivity index (χ4n) is 2.70. The van der Waals surface area contributed by atoms with Gasteiger partial charge in [0.2, 0.25) is 0 Å². The molecule has 124 valence electrons. The van der Waals surface area contributed by atoms with Crippen LogP contribution in [0.15, 0.2) is 60.7 Å². The average molecular weight is 329 g/mol. The number of rotatable bonds is 10. The van der Waals surface area contributed by atoms with E-state index in [1.807, 2.05) is 12.1 Å². The van der Waals surface area contributed by atoms with Gasteiger partial charge in [0.25, 0.3) is 0 Å². The summed E-state index contributed by atoms with van der Waals surface area (Å²) in [6, 6.07) is 23.0. The molecular weight excluding hydrogens is 300 g/mol. The molecule has 0 aromatic heterocycles. The van der Waals surface area contributed by atoms with Crippen LogP contribution in [0.3, 0.4) is 0 Å². The van der Waals surface area contributed by atoms with Crippen molar-refractivity contribution >= 4 is 8.56 Å². The lowest BCUT2D eigenvalue weighted by Crippen LogP contribution is -2.41. The molecule has 0 N–H and O–H groups in total. The van der Waals surface area contributed by atoms with Crippen LogP contribution in [0.4, 0.5) is 0 Å². The van der Waals surface area contributed by atoms with Crippen molar-refractivity contribution in [3.63, 3.8) is 0 Å². The van der Waals surface area contributed by atoms with Gasteiger partial charge in [-0.15, -0.1) is 0 Å². The molecule has 0 spiro atoms. The number of hydrogen-bond acceptors (Lipinski definition) is 2. The zero-order valence-corrected chi connectivity index (χ0v) is 15.3. The van der Waals surface area contributed by atoms with Gasteiger partial charge >= 0.3 is 8.56 Å². The van der Waals surface area contributed by atoms with E-state index >= 15 is 0 Å². The summed E-state index contributed by atoms with van der Waals surface area (Å²) < 4.78 is 12.6. The molecule has 0 heterocycles. The van der Waals surface area contributed by atoms with Gasteiger partial charge in [0.05, 0.1) is 0 Å². The Bertz CT molecular complexity index is 491. The van der Waals surface area contributed by atoms with Crippen LogP contribution in [0, 0.1) is 0 Å². The van der Waals surface area contributed by atoms with E-state index in [9.17, 15) is 0 Å². The summed E-state index contributed by atoms with van der Waals surface area (Å²) in [6.45, 7) is 5.90. The Hall–Kier alpha value is -1.42. The van der Waals surface area contributed by atoms with Crippen molar-refractivity contribution in [1.82, 2.24) is 0 Å². The fraction of sp³-hybridized carbons (Fsp3) is 0.400. The van der Waals surface area contributed by atoms with Crippen molar-refractivity contribution in [2.45, 2.75) is 38.8 Å². The molecule has 0 radical (unpaired) electrons. The molecule has 0 aliphatic heterocycles. The van der Waals surface area contributed by atoms with Gasteiger partial charge in [-0.25, -0.2) is 0 Å². The largest absolute Gasteiger partial charge is 0.394 e. The van der Waals surface area contributed by atoms with Crippen LogP contribution >= 0.6 is 0 Å². The van der Waals surface area contributed by atoms with Crippen LogP contribution in [0.25, 0.3) is 0 Å². The van der Waals surface area contributed by atoms with Crippen LogP contribution in [0.1, 0.15) is 25.0 Å². The van der Waals surface area contributed by atoms with Gasteiger partial charge in [-0.1, -0.05) is 74.5 Å². The summed E-state index contributed by atoms with van der Waals surface area (Å²) in [6.07, 6.45) is 1.91. The van der Waals surface area contributed by atoms with Crippen molar-refractivity contribution in [2.24, 2.45) is 0 Å². The summed E-state index contributed by atoms with van der Waals surface area (Å²) in [7, 11) is -2.05. The van der Waals surface area contributed by atoms with Crippen molar-refractivity contribution in [1.29, 1.82) is 0 Å². The third-order valence-electron chi connectivity index (χ3n) is 4.27. The molecule has 0 saturated heterocycles. The highest BCUT2D eigenvalue weighted by molar-refractivity contribution is 6.67. The van der Waals surface area contributed by atoms with E-state index < -0.39 is 8.56 Å². The van der Waals surface area contributed by atoms with Crippen LogP contribution in [0.5, 0.6) is 0 Å². The van der Waals surface area contributed by atoms with E-state index in [0.29, 0.717) is 0 Å². The Labute approximate surface area is 141 Å². The van der Waals surface area contributed by atoms with Gasteiger partial charge in [0.15, 0.2) is 0 Å². The maximum Gasteiger partial charge on any atom is 0.337 e. The Morgan fingerprint density at radius 3 is 1.39 bits per heavy atom. The molecule has 0 aliphatic carbocycles. The summed E-state index contributed by atoms with van der Waals surface area (Å²) in [5.41, 5.74) is 2.65. The zero-order chi connectivity index (χ0) is 16.4. The van der Waals surface area contributed by atoms with E-state index in [2.05, 4.69) is 62.4 Å². The molecule has 0 aliphatic rings. The highest BCUT2D eigenvalue weighted by Gasteiger charge is 2.33. The van der Waals surface area contributed by atoms with Crippen molar-refractivity contribution in [2.75, 3.05) is 13.2 Å². The van der Waals surface area contributed by atoms with Gasteiger partial charge in [0.1, 0.15) is 0 Å². The Morgan fingerprint density at radius 1 is 0.652 bits per heavy atom. The monoisotopic (exact) mass is 328 g/mol. The van der Waals surface area contributed by atoms with E-state index in [0.717, 1.165) is 38.1 Å². The van der Waals surface area contributed by atoms with Crippen molar-refractivity contribution in [3.05, 3.63) is 71.8 Å². The first-order chi connectivity index (χ1) is 11.3. The predicted octanol–water partition coefficient (Wildman–Crippen LogP) is 4.99. The first kappa shape index (κ1) is 17.9. The normalized spacial score (nSPS) is 11.6. The summed E-state index contributed by atoms with van der Waals surface area (Å²) in [4.78, 5) is 0. The highest BCUT2D eigenvalue weighted by Crippen LogP contribution is 2.19. The molecule has 0 saturated carbocycles. The highest BCUT2D eigenvalue weighted by atomic mass is 28.4. The molecule has 2 aromatic carbocycles. The summed E-state index contributed by atoms with van der Waals surface area (Å²) in [5, 5.41) is 0. The standard InChI is InChI=1S/C20H28O2Si/c1-3-23(4-2,21-17-15-19-11-7-5-8-12-19)22-18-16-20-13-9-6-10-14-20/h5-14H,3-4,15-18H2,1-2H3. The van der Waals surface area contributed by atoms with E-state index in [4.69, 9.17) is 8.85 Å². The molecule has 0 unspecified atom stereocenters. The minimum atomic E-state index is -2.05. The smallest absolute Gasteiger partial charge is 0.337 e. The maximum atomic E-state index is 6.29. The lowest BCUT2D eigenvalue weighted by molar-refractivity contribution is 0.172. The third-order valence-corrected chi connectivity index (χ3v) is 7.89. The zero-order valence-electron chi connectivity index (χ0n) is 14.3. The predicted molar refractivity (Wildman–Crippen MR) is 98.9 cm³/mol. The first-order valence-corrected chi connectivity index (χ1v) is 10.9. The SMILES string of the molecule is CC[Si](CC)(OCCc1ccccc1)OCCc1ccccc1. The number of benzene rings is 2. The lowest BCUT2D eigenvalue weighted by Gasteiger charge is -2.29. The molecule has 2 aromatic rings. The summed E-state index contributed by atoms with van der Waals surface area (Å²) >= 11 is 0. The van der Waals surface area contributed by atoms with Gasteiger partial charge in [-0.3, -0.25) is 0 Å². The van der Waals surface area contributed by atoms with Crippen LogP contribution in [0.2, 0.25) is 12.1 Å². The van der Waals surface area contributed by atoms with Gasteiger partial charge in [-0.2, -0.15) is 0 Å². The molecule has 23 heavy (non-hydrogen) atoms. The molecular formula is C20H28O2Si. The van der Waals surface area contributed by atoms with Gasteiger partial charge < -0.3 is 8.85 Å². The minimum absolute atomic E-state index is 0.753. The molecule has 0 fully saturated rings.